The van der Waals surface area contributed by atoms with Crippen LogP contribution in [0.1, 0.15) is 45.4 Å². The molecule has 2 rings (SSSR count). The first kappa shape index (κ1) is 13.2. The van der Waals surface area contributed by atoms with Gasteiger partial charge in [0.05, 0.1) is 10.6 Å². The topological polar surface area (TPSA) is 38.5 Å². The van der Waals surface area contributed by atoms with Crippen molar-refractivity contribution in [3.05, 3.63) is 0 Å². The van der Waals surface area contributed by atoms with Crippen LogP contribution in [0.5, 0.6) is 0 Å². The van der Waals surface area contributed by atoms with Crippen molar-refractivity contribution in [1.82, 2.24) is 4.90 Å². The van der Waals surface area contributed by atoms with Crippen LogP contribution in [-0.4, -0.2) is 41.2 Å². The van der Waals surface area contributed by atoms with Crippen LogP contribution in [0, 0.1) is 0 Å². The summed E-state index contributed by atoms with van der Waals surface area (Å²) >= 11 is 5.00. The van der Waals surface area contributed by atoms with Gasteiger partial charge in [-0.3, -0.25) is 0 Å². The van der Waals surface area contributed by atoms with Gasteiger partial charge in [-0.1, -0.05) is 12.2 Å². The van der Waals surface area contributed by atoms with E-state index in [4.69, 9.17) is 22.7 Å². The highest BCUT2D eigenvalue weighted by molar-refractivity contribution is 7.80. The minimum atomic E-state index is 0.222. The zero-order valence-electron chi connectivity index (χ0n) is 10.9. The van der Waals surface area contributed by atoms with Crippen molar-refractivity contribution < 1.29 is 4.74 Å². The standard InChI is InChI=1S/C13H24N2OS/c1-10(8-12(14)17)15(2)11-4-7-16-13(9-11)5-3-6-13/h10-11H,3-9H2,1-2H3,(H2,14,17). The van der Waals surface area contributed by atoms with E-state index in [9.17, 15) is 0 Å². The van der Waals surface area contributed by atoms with E-state index in [2.05, 4.69) is 18.9 Å². The molecule has 3 nitrogen and oxygen atoms in total. The van der Waals surface area contributed by atoms with Crippen molar-refractivity contribution in [1.29, 1.82) is 0 Å². The molecule has 17 heavy (non-hydrogen) atoms. The predicted molar refractivity (Wildman–Crippen MR) is 74.2 cm³/mol. The summed E-state index contributed by atoms with van der Waals surface area (Å²) in [4.78, 5) is 3.07. The number of ether oxygens (including phenoxy) is 1. The summed E-state index contributed by atoms with van der Waals surface area (Å²) in [5.41, 5.74) is 5.85. The van der Waals surface area contributed by atoms with Gasteiger partial charge < -0.3 is 15.4 Å². The van der Waals surface area contributed by atoms with Crippen molar-refractivity contribution >= 4 is 17.2 Å². The Bertz CT molecular complexity index is 291. The molecule has 1 spiro atoms. The molecule has 2 aliphatic rings. The molecule has 0 aromatic heterocycles. The van der Waals surface area contributed by atoms with Crippen LogP contribution in [-0.2, 0) is 4.74 Å². The lowest BCUT2D eigenvalue weighted by molar-refractivity contribution is -0.149. The third kappa shape index (κ3) is 2.98. The van der Waals surface area contributed by atoms with E-state index < -0.39 is 0 Å². The van der Waals surface area contributed by atoms with E-state index >= 15 is 0 Å². The first-order valence-corrected chi connectivity index (χ1v) is 7.07. The Morgan fingerprint density at radius 3 is 2.82 bits per heavy atom. The SMILES string of the molecule is CC(CC(N)=S)N(C)C1CCOC2(CCC2)C1. The quantitative estimate of drug-likeness (QED) is 0.782. The van der Waals surface area contributed by atoms with Crippen LogP contribution < -0.4 is 5.73 Å². The maximum atomic E-state index is 5.97. The highest BCUT2D eigenvalue weighted by Gasteiger charge is 2.43. The van der Waals surface area contributed by atoms with Gasteiger partial charge in [-0.2, -0.15) is 0 Å². The lowest BCUT2D eigenvalue weighted by Crippen LogP contribution is -2.53. The lowest BCUT2D eigenvalue weighted by Gasteiger charge is -2.50. The lowest BCUT2D eigenvalue weighted by atomic mass is 9.73. The third-order valence-electron chi connectivity index (χ3n) is 4.50. The Morgan fingerprint density at radius 2 is 2.29 bits per heavy atom. The summed E-state index contributed by atoms with van der Waals surface area (Å²) in [6.07, 6.45) is 6.97. The first-order valence-electron chi connectivity index (χ1n) is 6.67. The second-order valence-electron chi connectivity index (χ2n) is 5.72. The molecule has 1 saturated heterocycles. The van der Waals surface area contributed by atoms with Gasteiger partial charge in [-0.05, 0) is 46.1 Å². The molecule has 98 valence electrons. The van der Waals surface area contributed by atoms with Gasteiger partial charge in [0.15, 0.2) is 0 Å². The van der Waals surface area contributed by atoms with Crippen molar-refractivity contribution in [3.63, 3.8) is 0 Å². The molecule has 1 aliphatic carbocycles. The van der Waals surface area contributed by atoms with Gasteiger partial charge in [0.2, 0.25) is 0 Å². The number of hydrogen-bond acceptors (Lipinski definition) is 3. The summed E-state index contributed by atoms with van der Waals surface area (Å²) in [5, 5.41) is 0. The van der Waals surface area contributed by atoms with Gasteiger partial charge in [0.25, 0.3) is 0 Å². The van der Waals surface area contributed by atoms with E-state index in [0.717, 1.165) is 19.4 Å². The number of nitrogens with two attached hydrogens (primary N) is 1. The highest BCUT2D eigenvalue weighted by atomic mass is 32.1. The largest absolute Gasteiger partial charge is 0.393 e. The molecule has 1 aliphatic heterocycles. The average molecular weight is 256 g/mol. The molecule has 0 aromatic rings. The Balaban J connectivity index is 1.90. The molecular weight excluding hydrogens is 232 g/mol. The molecule has 4 heteroatoms. The molecule has 2 unspecified atom stereocenters. The Kier molecular flexibility index (Phi) is 4.06. The predicted octanol–water partition coefficient (Wildman–Crippen LogP) is 2.08. The fraction of sp³-hybridized carbons (Fsp3) is 0.923. The number of thiocarbonyl (C=S) groups is 1. The van der Waals surface area contributed by atoms with Crippen molar-refractivity contribution in [3.8, 4) is 0 Å². The van der Waals surface area contributed by atoms with E-state index in [1.807, 2.05) is 0 Å². The van der Waals surface area contributed by atoms with E-state index in [0.29, 0.717) is 17.1 Å². The number of hydrogen-bond donors (Lipinski definition) is 1. The third-order valence-corrected chi connectivity index (χ3v) is 4.67. The van der Waals surface area contributed by atoms with Crippen molar-refractivity contribution in [2.24, 2.45) is 5.73 Å². The minimum absolute atomic E-state index is 0.222. The Hall–Kier alpha value is -0.190. The second kappa shape index (κ2) is 5.21. The van der Waals surface area contributed by atoms with E-state index in [1.165, 1.54) is 25.7 Å². The highest BCUT2D eigenvalue weighted by Crippen LogP contribution is 2.43. The van der Waals surface area contributed by atoms with E-state index in [1.54, 1.807) is 0 Å². The summed E-state index contributed by atoms with van der Waals surface area (Å²) < 4.78 is 5.97. The molecule has 0 aromatic carbocycles. The van der Waals surface area contributed by atoms with Gasteiger partial charge in [0.1, 0.15) is 0 Å². The van der Waals surface area contributed by atoms with Crippen molar-refractivity contribution in [2.45, 2.75) is 63.1 Å². The first-order chi connectivity index (χ1) is 8.02. The molecule has 0 amide bonds. The molecule has 2 fully saturated rings. The van der Waals surface area contributed by atoms with Crippen LogP contribution in [0.4, 0.5) is 0 Å². The van der Waals surface area contributed by atoms with Crippen LogP contribution in [0.2, 0.25) is 0 Å². The van der Waals surface area contributed by atoms with E-state index in [-0.39, 0.29) is 5.60 Å². The van der Waals surface area contributed by atoms with Crippen LogP contribution in [0.3, 0.4) is 0 Å². The Morgan fingerprint density at radius 1 is 1.59 bits per heavy atom. The van der Waals surface area contributed by atoms with Gasteiger partial charge in [0, 0.05) is 25.1 Å². The normalized spacial score (nSPS) is 29.0. The number of rotatable bonds is 4. The molecule has 1 heterocycles. The summed E-state index contributed by atoms with van der Waals surface area (Å²) in [7, 11) is 2.20. The smallest absolute Gasteiger partial charge is 0.0742 e. The zero-order valence-corrected chi connectivity index (χ0v) is 11.8. The Labute approximate surface area is 110 Å². The fourth-order valence-electron chi connectivity index (χ4n) is 3.06. The fourth-order valence-corrected chi connectivity index (χ4v) is 3.31. The average Bonchev–Trinajstić information content (AvgIpc) is 2.25. The van der Waals surface area contributed by atoms with Gasteiger partial charge in [-0.15, -0.1) is 0 Å². The van der Waals surface area contributed by atoms with Crippen LogP contribution >= 0.6 is 12.2 Å². The van der Waals surface area contributed by atoms with Gasteiger partial charge in [-0.25, -0.2) is 0 Å². The molecule has 0 bridgehead atoms. The summed E-state index contributed by atoms with van der Waals surface area (Å²) in [6.45, 7) is 3.12. The summed E-state index contributed by atoms with van der Waals surface area (Å²) in [5.74, 6) is 0. The molecule has 0 radical (unpaired) electrons. The molecule has 2 atom stereocenters. The van der Waals surface area contributed by atoms with Crippen molar-refractivity contribution in [2.75, 3.05) is 13.7 Å². The summed E-state index contributed by atoms with van der Waals surface area (Å²) in [6, 6.07) is 1.07. The maximum absolute atomic E-state index is 5.97. The number of nitrogens with zero attached hydrogens (tertiary/aromatic N) is 1. The molecule has 1 saturated carbocycles. The molecule has 2 N–H and O–H groups in total. The zero-order chi connectivity index (χ0) is 12.5. The maximum Gasteiger partial charge on any atom is 0.0742 e. The minimum Gasteiger partial charge on any atom is -0.393 e. The van der Waals surface area contributed by atoms with Crippen LogP contribution in [0.25, 0.3) is 0 Å². The monoisotopic (exact) mass is 256 g/mol. The molecular formula is C13H24N2OS. The second-order valence-corrected chi connectivity index (χ2v) is 6.24. The van der Waals surface area contributed by atoms with Gasteiger partial charge >= 0.3 is 0 Å². The van der Waals surface area contributed by atoms with Crippen LogP contribution in [0.15, 0.2) is 0 Å².